The second-order valence-electron chi connectivity index (χ2n) is 4.06. The molecule has 1 aromatic carbocycles. The summed E-state index contributed by atoms with van der Waals surface area (Å²) in [7, 11) is 0. The Balaban J connectivity index is 2.28. The van der Waals surface area contributed by atoms with Gasteiger partial charge in [0.15, 0.2) is 0 Å². The first-order valence-corrected chi connectivity index (χ1v) is 6.23. The van der Waals surface area contributed by atoms with E-state index in [0.717, 1.165) is 21.4 Å². The van der Waals surface area contributed by atoms with Crippen LogP contribution in [0.5, 0.6) is 0 Å². The van der Waals surface area contributed by atoms with Gasteiger partial charge in [-0.15, -0.1) is 0 Å². The highest BCUT2D eigenvalue weighted by Gasteiger charge is 2.07. The molecule has 0 unspecified atom stereocenters. The highest BCUT2D eigenvalue weighted by molar-refractivity contribution is 9.10. The zero-order valence-corrected chi connectivity index (χ0v) is 11.0. The van der Waals surface area contributed by atoms with Gasteiger partial charge in [0.2, 0.25) is 0 Å². The molecular weight excluding hydrogens is 276 g/mol. The number of aryl methyl sites for hydroxylation is 1. The van der Waals surface area contributed by atoms with Gasteiger partial charge in [0.05, 0.1) is 11.7 Å². The maximum absolute atomic E-state index is 4.50. The molecule has 0 bridgehead atoms. The maximum atomic E-state index is 4.50. The van der Waals surface area contributed by atoms with E-state index in [1.807, 2.05) is 24.5 Å². The summed E-state index contributed by atoms with van der Waals surface area (Å²) in [6.07, 6.45) is 3.92. The van der Waals surface area contributed by atoms with Crippen LogP contribution in [0, 0.1) is 6.92 Å². The van der Waals surface area contributed by atoms with Gasteiger partial charge in [0.25, 0.3) is 0 Å². The SMILES string of the molecule is Cc1cccc(-c2ncc3c(Br)cccn23)c1. The van der Waals surface area contributed by atoms with Gasteiger partial charge in [-0.25, -0.2) is 4.98 Å². The lowest BCUT2D eigenvalue weighted by Crippen LogP contribution is -1.89. The van der Waals surface area contributed by atoms with Gasteiger partial charge in [-0.1, -0.05) is 23.8 Å². The summed E-state index contributed by atoms with van der Waals surface area (Å²) in [4.78, 5) is 4.50. The Morgan fingerprint density at radius 2 is 2.06 bits per heavy atom. The summed E-state index contributed by atoms with van der Waals surface area (Å²) >= 11 is 3.54. The van der Waals surface area contributed by atoms with Crippen LogP contribution >= 0.6 is 15.9 Å². The summed E-state index contributed by atoms with van der Waals surface area (Å²) in [6, 6.07) is 12.4. The summed E-state index contributed by atoms with van der Waals surface area (Å²) in [5.41, 5.74) is 3.47. The molecule has 3 aromatic rings. The lowest BCUT2D eigenvalue weighted by atomic mass is 10.1. The average Bonchev–Trinajstić information content (AvgIpc) is 2.74. The zero-order valence-electron chi connectivity index (χ0n) is 9.39. The van der Waals surface area contributed by atoms with E-state index < -0.39 is 0 Å². The van der Waals surface area contributed by atoms with Gasteiger partial charge in [-0.2, -0.15) is 0 Å². The minimum atomic E-state index is 0.977. The number of imidazole rings is 1. The molecule has 2 nitrogen and oxygen atoms in total. The van der Waals surface area contributed by atoms with E-state index in [4.69, 9.17) is 0 Å². The predicted molar refractivity (Wildman–Crippen MR) is 73.1 cm³/mol. The Hall–Kier alpha value is -1.61. The summed E-state index contributed by atoms with van der Waals surface area (Å²) in [5.74, 6) is 0.977. The first-order valence-electron chi connectivity index (χ1n) is 5.44. The second-order valence-corrected chi connectivity index (χ2v) is 4.92. The highest BCUT2D eigenvalue weighted by Crippen LogP contribution is 2.24. The van der Waals surface area contributed by atoms with Gasteiger partial charge < -0.3 is 0 Å². The first kappa shape index (κ1) is 10.5. The van der Waals surface area contributed by atoms with E-state index in [9.17, 15) is 0 Å². The average molecular weight is 287 g/mol. The molecule has 0 spiro atoms. The smallest absolute Gasteiger partial charge is 0.144 e. The van der Waals surface area contributed by atoms with Crippen LogP contribution in [-0.4, -0.2) is 9.38 Å². The molecule has 3 rings (SSSR count). The molecule has 3 heteroatoms. The highest BCUT2D eigenvalue weighted by atomic mass is 79.9. The van der Waals surface area contributed by atoms with E-state index in [-0.39, 0.29) is 0 Å². The molecular formula is C14H11BrN2. The van der Waals surface area contributed by atoms with Crippen molar-refractivity contribution in [3.8, 4) is 11.4 Å². The van der Waals surface area contributed by atoms with Crippen LogP contribution in [0.3, 0.4) is 0 Å². The number of benzene rings is 1. The van der Waals surface area contributed by atoms with E-state index in [1.165, 1.54) is 5.56 Å². The lowest BCUT2D eigenvalue weighted by Gasteiger charge is -2.03. The fourth-order valence-electron chi connectivity index (χ4n) is 1.99. The Bertz CT molecular complexity index is 686. The largest absolute Gasteiger partial charge is 0.299 e. The third-order valence-electron chi connectivity index (χ3n) is 2.80. The van der Waals surface area contributed by atoms with Crippen molar-refractivity contribution in [2.75, 3.05) is 0 Å². The van der Waals surface area contributed by atoms with Crippen LogP contribution in [0.1, 0.15) is 5.56 Å². The van der Waals surface area contributed by atoms with Gasteiger partial charge >= 0.3 is 0 Å². The monoisotopic (exact) mass is 286 g/mol. The summed E-state index contributed by atoms with van der Waals surface area (Å²) in [6.45, 7) is 2.09. The molecule has 0 aliphatic heterocycles. The van der Waals surface area contributed by atoms with Gasteiger partial charge in [-0.05, 0) is 41.1 Å². The number of hydrogen-bond acceptors (Lipinski definition) is 1. The van der Waals surface area contributed by atoms with Crippen molar-refractivity contribution in [3.63, 3.8) is 0 Å². The maximum Gasteiger partial charge on any atom is 0.144 e. The fraction of sp³-hybridized carbons (Fsp3) is 0.0714. The first-order chi connectivity index (χ1) is 8.25. The van der Waals surface area contributed by atoms with Crippen LogP contribution in [0.15, 0.2) is 53.3 Å². The molecule has 0 aliphatic rings. The van der Waals surface area contributed by atoms with Crippen LogP contribution in [0.2, 0.25) is 0 Å². The molecule has 0 N–H and O–H groups in total. The number of fused-ring (bicyclic) bond motifs is 1. The van der Waals surface area contributed by atoms with Crippen molar-refractivity contribution in [2.24, 2.45) is 0 Å². The number of nitrogens with zero attached hydrogens (tertiary/aromatic N) is 2. The molecule has 84 valence electrons. The van der Waals surface area contributed by atoms with E-state index in [2.05, 4.69) is 56.5 Å². The van der Waals surface area contributed by atoms with Crippen LogP contribution in [0.4, 0.5) is 0 Å². The Morgan fingerprint density at radius 1 is 1.18 bits per heavy atom. The molecule has 0 fully saturated rings. The van der Waals surface area contributed by atoms with Crippen LogP contribution in [-0.2, 0) is 0 Å². The minimum absolute atomic E-state index is 0.977. The van der Waals surface area contributed by atoms with Gasteiger partial charge in [0, 0.05) is 16.2 Å². The lowest BCUT2D eigenvalue weighted by molar-refractivity contribution is 1.16. The molecule has 0 saturated carbocycles. The molecule has 17 heavy (non-hydrogen) atoms. The molecule has 0 amide bonds. The molecule has 2 aromatic heterocycles. The van der Waals surface area contributed by atoms with Crippen molar-refractivity contribution in [1.29, 1.82) is 0 Å². The number of halogens is 1. The van der Waals surface area contributed by atoms with Crippen molar-refractivity contribution in [2.45, 2.75) is 6.92 Å². The standard InChI is InChI=1S/C14H11BrN2/c1-10-4-2-5-11(8-10)14-16-9-13-12(15)6-3-7-17(13)14/h2-9H,1H3. The van der Waals surface area contributed by atoms with E-state index >= 15 is 0 Å². The molecule has 0 radical (unpaired) electrons. The van der Waals surface area contributed by atoms with Gasteiger partial charge in [0.1, 0.15) is 5.82 Å². The normalized spacial score (nSPS) is 10.9. The third-order valence-corrected chi connectivity index (χ3v) is 3.47. The summed E-state index contributed by atoms with van der Waals surface area (Å²) in [5, 5.41) is 0. The van der Waals surface area contributed by atoms with Gasteiger partial charge in [-0.3, -0.25) is 4.40 Å². The van der Waals surface area contributed by atoms with Crippen molar-refractivity contribution in [1.82, 2.24) is 9.38 Å². The number of rotatable bonds is 1. The minimum Gasteiger partial charge on any atom is -0.299 e. The molecule has 0 aliphatic carbocycles. The molecule has 2 heterocycles. The predicted octanol–water partition coefficient (Wildman–Crippen LogP) is 4.07. The Morgan fingerprint density at radius 3 is 2.88 bits per heavy atom. The van der Waals surface area contributed by atoms with Crippen molar-refractivity contribution in [3.05, 3.63) is 58.8 Å². The quantitative estimate of drug-likeness (QED) is 0.659. The second kappa shape index (κ2) is 4.00. The molecule has 0 saturated heterocycles. The third kappa shape index (κ3) is 1.76. The van der Waals surface area contributed by atoms with Crippen molar-refractivity contribution < 1.29 is 0 Å². The van der Waals surface area contributed by atoms with Crippen molar-refractivity contribution >= 4 is 21.4 Å². The molecule has 0 atom stereocenters. The van der Waals surface area contributed by atoms with Crippen LogP contribution < -0.4 is 0 Å². The van der Waals surface area contributed by atoms with Crippen LogP contribution in [0.25, 0.3) is 16.9 Å². The topological polar surface area (TPSA) is 17.3 Å². The number of aromatic nitrogens is 2. The van der Waals surface area contributed by atoms with E-state index in [1.54, 1.807) is 0 Å². The number of hydrogen-bond donors (Lipinski definition) is 0. The Kier molecular flexibility index (Phi) is 2.48. The zero-order chi connectivity index (χ0) is 11.8. The van der Waals surface area contributed by atoms with E-state index in [0.29, 0.717) is 0 Å². The summed E-state index contributed by atoms with van der Waals surface area (Å²) < 4.78 is 3.16. The fourth-order valence-corrected chi connectivity index (χ4v) is 2.43. The Labute approximate surface area is 108 Å². The number of pyridine rings is 1.